The maximum atomic E-state index is 12.5. The van der Waals surface area contributed by atoms with Gasteiger partial charge in [-0.25, -0.2) is 4.98 Å². The highest BCUT2D eigenvalue weighted by Gasteiger charge is 2.16. The van der Waals surface area contributed by atoms with Gasteiger partial charge in [-0.05, 0) is 25.1 Å². The molecule has 0 bridgehead atoms. The van der Waals surface area contributed by atoms with Crippen molar-refractivity contribution in [2.75, 3.05) is 0 Å². The molecule has 2 aromatic heterocycles. The van der Waals surface area contributed by atoms with Crippen molar-refractivity contribution in [1.82, 2.24) is 24.3 Å². The Kier molecular flexibility index (Phi) is 3.02. The van der Waals surface area contributed by atoms with E-state index in [4.69, 9.17) is 11.6 Å². The first kappa shape index (κ1) is 12.8. The molecule has 0 saturated heterocycles. The summed E-state index contributed by atoms with van der Waals surface area (Å²) in [6.07, 6.45) is 3.12. The molecule has 0 aliphatic carbocycles. The van der Waals surface area contributed by atoms with E-state index in [0.29, 0.717) is 21.7 Å². The molecular weight excluding hydrogens is 278 g/mol. The van der Waals surface area contributed by atoms with Crippen LogP contribution in [0.4, 0.5) is 0 Å². The van der Waals surface area contributed by atoms with Crippen LogP contribution < -0.4 is 5.56 Å². The second-order valence-electron chi connectivity index (χ2n) is 4.59. The van der Waals surface area contributed by atoms with Gasteiger partial charge in [0, 0.05) is 12.1 Å². The van der Waals surface area contributed by atoms with Gasteiger partial charge in [0.25, 0.3) is 5.56 Å². The van der Waals surface area contributed by atoms with Gasteiger partial charge in [0.1, 0.15) is 6.33 Å². The highest BCUT2D eigenvalue weighted by atomic mass is 35.5. The van der Waals surface area contributed by atoms with E-state index in [1.807, 2.05) is 14.0 Å². The van der Waals surface area contributed by atoms with E-state index in [1.54, 1.807) is 33.7 Å². The molecular formula is C13H12ClN5O. The average molecular weight is 290 g/mol. The van der Waals surface area contributed by atoms with Crippen molar-refractivity contribution in [3.63, 3.8) is 0 Å². The third kappa shape index (κ3) is 1.98. The van der Waals surface area contributed by atoms with E-state index >= 15 is 0 Å². The molecule has 0 spiro atoms. The number of aromatic nitrogens is 5. The molecule has 0 radical (unpaired) electrons. The molecule has 0 fully saturated rings. The van der Waals surface area contributed by atoms with Gasteiger partial charge < -0.3 is 4.57 Å². The summed E-state index contributed by atoms with van der Waals surface area (Å²) >= 11 is 5.90. The Morgan fingerprint density at radius 2 is 2.10 bits per heavy atom. The number of hydrogen-bond donors (Lipinski definition) is 0. The predicted molar refractivity (Wildman–Crippen MR) is 75.8 cm³/mol. The van der Waals surface area contributed by atoms with Gasteiger partial charge in [-0.1, -0.05) is 11.6 Å². The van der Waals surface area contributed by atoms with Gasteiger partial charge >= 0.3 is 0 Å². The number of hydrogen-bond acceptors (Lipinski definition) is 4. The summed E-state index contributed by atoms with van der Waals surface area (Å²) < 4.78 is 3.32. The molecule has 0 aliphatic rings. The lowest BCUT2D eigenvalue weighted by molar-refractivity contribution is 0.553. The largest absolute Gasteiger partial charge is 0.319 e. The van der Waals surface area contributed by atoms with E-state index < -0.39 is 0 Å². The minimum absolute atomic E-state index is 0.123. The van der Waals surface area contributed by atoms with Crippen molar-refractivity contribution in [2.45, 2.75) is 13.0 Å². The third-order valence-corrected chi connectivity index (χ3v) is 3.52. The van der Waals surface area contributed by atoms with E-state index in [0.717, 1.165) is 0 Å². The maximum absolute atomic E-state index is 12.5. The summed E-state index contributed by atoms with van der Waals surface area (Å²) in [5, 5.41) is 8.96. The Morgan fingerprint density at radius 3 is 2.80 bits per heavy atom. The van der Waals surface area contributed by atoms with Crippen LogP contribution in [0.2, 0.25) is 5.02 Å². The Morgan fingerprint density at radius 1 is 1.30 bits per heavy atom. The molecule has 0 N–H and O–H groups in total. The minimum atomic E-state index is -0.248. The molecule has 3 aromatic rings. The number of halogens is 1. The van der Waals surface area contributed by atoms with Gasteiger partial charge in [-0.3, -0.25) is 9.36 Å². The normalized spacial score (nSPS) is 12.8. The standard InChI is InChI=1S/C13H12ClN5O/c1-8(12-17-16-7-18(12)2)19-6-15-11-5-9(14)3-4-10(11)13(19)20/h3-8H,1-2H3. The van der Waals surface area contributed by atoms with Crippen LogP contribution in [0.15, 0.2) is 35.6 Å². The molecule has 1 atom stereocenters. The molecule has 1 unspecified atom stereocenters. The van der Waals surface area contributed by atoms with Crippen LogP contribution in [-0.2, 0) is 7.05 Å². The predicted octanol–water partition coefficient (Wildman–Crippen LogP) is 1.79. The van der Waals surface area contributed by atoms with Crippen molar-refractivity contribution in [3.05, 3.63) is 52.1 Å². The maximum Gasteiger partial charge on any atom is 0.261 e. The lowest BCUT2D eigenvalue weighted by atomic mass is 10.2. The lowest BCUT2D eigenvalue weighted by Crippen LogP contribution is -2.26. The van der Waals surface area contributed by atoms with Crippen molar-refractivity contribution in [1.29, 1.82) is 0 Å². The zero-order valence-electron chi connectivity index (χ0n) is 11.0. The van der Waals surface area contributed by atoms with E-state index in [9.17, 15) is 4.79 Å². The van der Waals surface area contributed by atoms with Gasteiger partial charge in [-0.2, -0.15) is 0 Å². The Balaban J connectivity index is 2.18. The Labute approximate surface area is 119 Å². The summed E-state index contributed by atoms with van der Waals surface area (Å²) in [4.78, 5) is 16.8. The van der Waals surface area contributed by atoms with Crippen LogP contribution in [0.3, 0.4) is 0 Å². The number of aryl methyl sites for hydroxylation is 1. The van der Waals surface area contributed by atoms with Crippen LogP contribution in [0.1, 0.15) is 18.8 Å². The first-order valence-electron chi connectivity index (χ1n) is 6.08. The molecule has 0 aliphatic heterocycles. The van der Waals surface area contributed by atoms with Gasteiger partial charge in [0.2, 0.25) is 0 Å². The van der Waals surface area contributed by atoms with Crippen molar-refractivity contribution in [2.24, 2.45) is 7.05 Å². The molecule has 20 heavy (non-hydrogen) atoms. The fraction of sp³-hybridized carbons (Fsp3) is 0.231. The second-order valence-corrected chi connectivity index (χ2v) is 5.03. The number of fused-ring (bicyclic) bond motifs is 1. The molecule has 0 saturated carbocycles. The first-order valence-corrected chi connectivity index (χ1v) is 6.46. The van der Waals surface area contributed by atoms with Crippen molar-refractivity contribution >= 4 is 22.5 Å². The van der Waals surface area contributed by atoms with Crippen molar-refractivity contribution in [3.8, 4) is 0 Å². The number of nitrogens with zero attached hydrogens (tertiary/aromatic N) is 5. The van der Waals surface area contributed by atoms with E-state index in [2.05, 4.69) is 15.2 Å². The third-order valence-electron chi connectivity index (χ3n) is 3.28. The summed E-state index contributed by atoms with van der Waals surface area (Å²) in [6.45, 7) is 1.88. The quantitative estimate of drug-likeness (QED) is 0.721. The number of benzene rings is 1. The Bertz CT molecular complexity index is 838. The number of rotatable bonds is 2. The van der Waals surface area contributed by atoms with Crippen LogP contribution >= 0.6 is 11.6 Å². The summed E-state index contributed by atoms with van der Waals surface area (Å²) in [7, 11) is 1.84. The zero-order chi connectivity index (χ0) is 14.3. The molecule has 7 heteroatoms. The molecule has 2 heterocycles. The summed E-state index contributed by atoms with van der Waals surface area (Å²) in [5.41, 5.74) is 0.464. The molecule has 1 aromatic carbocycles. The summed E-state index contributed by atoms with van der Waals surface area (Å²) in [5.74, 6) is 0.696. The van der Waals surface area contributed by atoms with Crippen molar-refractivity contribution < 1.29 is 0 Å². The van der Waals surface area contributed by atoms with E-state index in [-0.39, 0.29) is 11.6 Å². The smallest absolute Gasteiger partial charge is 0.261 e. The Hall–Kier alpha value is -2.21. The van der Waals surface area contributed by atoms with Gasteiger partial charge in [0.15, 0.2) is 5.82 Å². The second kappa shape index (κ2) is 4.72. The van der Waals surface area contributed by atoms with Crippen LogP contribution in [0, 0.1) is 0 Å². The van der Waals surface area contributed by atoms with Crippen LogP contribution in [-0.4, -0.2) is 24.3 Å². The monoisotopic (exact) mass is 289 g/mol. The lowest BCUT2D eigenvalue weighted by Gasteiger charge is -2.14. The first-order chi connectivity index (χ1) is 9.58. The zero-order valence-corrected chi connectivity index (χ0v) is 11.7. The fourth-order valence-corrected chi connectivity index (χ4v) is 2.35. The van der Waals surface area contributed by atoms with E-state index in [1.165, 1.54) is 6.33 Å². The van der Waals surface area contributed by atoms with Gasteiger partial charge in [-0.15, -0.1) is 10.2 Å². The minimum Gasteiger partial charge on any atom is -0.319 e. The molecule has 0 amide bonds. The highest BCUT2D eigenvalue weighted by Crippen LogP contribution is 2.17. The van der Waals surface area contributed by atoms with Gasteiger partial charge in [0.05, 0.1) is 23.3 Å². The SMILES string of the molecule is CC(c1nncn1C)n1cnc2cc(Cl)ccc2c1=O. The average Bonchev–Trinajstić information content (AvgIpc) is 2.84. The van der Waals surface area contributed by atoms with Crippen LogP contribution in [0.25, 0.3) is 10.9 Å². The summed E-state index contributed by atoms with van der Waals surface area (Å²) in [6, 6.07) is 4.80. The van der Waals surface area contributed by atoms with Crippen LogP contribution in [0.5, 0.6) is 0 Å². The molecule has 3 rings (SSSR count). The highest BCUT2D eigenvalue weighted by molar-refractivity contribution is 6.31. The fourth-order valence-electron chi connectivity index (χ4n) is 2.18. The topological polar surface area (TPSA) is 65.6 Å². The molecule has 102 valence electrons. The molecule has 6 nitrogen and oxygen atoms in total.